The maximum atomic E-state index is 13.7. The van der Waals surface area contributed by atoms with Crippen LogP contribution in [-0.4, -0.2) is 28.2 Å². The number of aryl methyl sites for hydroxylation is 1. The quantitative estimate of drug-likeness (QED) is 0.378. The zero-order valence-corrected chi connectivity index (χ0v) is 21.7. The minimum absolute atomic E-state index is 0.183. The Hall–Kier alpha value is -4.50. The molecular weight excluding hydrogens is 504 g/mol. The summed E-state index contributed by atoms with van der Waals surface area (Å²) < 4.78 is 13.2. The number of furan rings is 1. The van der Waals surface area contributed by atoms with Crippen molar-refractivity contribution in [1.82, 2.24) is 4.57 Å². The molecule has 0 spiro atoms. The van der Waals surface area contributed by atoms with Gasteiger partial charge < -0.3 is 14.3 Å². The van der Waals surface area contributed by atoms with Crippen molar-refractivity contribution in [3.8, 4) is 11.3 Å². The fraction of sp³-hybridized carbons (Fsp3) is 0.172. The second-order valence-corrected chi connectivity index (χ2v) is 9.81. The van der Waals surface area contributed by atoms with Gasteiger partial charge in [-0.15, -0.1) is 0 Å². The molecule has 2 aromatic carbocycles. The molecule has 4 aromatic rings. The van der Waals surface area contributed by atoms with Gasteiger partial charge in [0, 0.05) is 11.6 Å². The van der Waals surface area contributed by atoms with Crippen LogP contribution in [0.25, 0.3) is 17.4 Å². The highest BCUT2D eigenvalue weighted by atomic mass is 32.1. The first kappa shape index (κ1) is 25.2. The van der Waals surface area contributed by atoms with Gasteiger partial charge in [0.15, 0.2) is 4.80 Å². The molecule has 1 N–H and O–H groups in total. The Balaban J connectivity index is 1.59. The number of fused-ring (bicyclic) bond motifs is 1. The van der Waals surface area contributed by atoms with Crippen LogP contribution in [0.3, 0.4) is 0 Å². The lowest BCUT2D eigenvalue weighted by Gasteiger charge is -2.24. The molecule has 1 aliphatic rings. The smallest absolute Gasteiger partial charge is 0.338 e. The molecule has 5 rings (SSSR count). The van der Waals surface area contributed by atoms with E-state index in [4.69, 9.17) is 14.3 Å². The third kappa shape index (κ3) is 4.64. The van der Waals surface area contributed by atoms with Gasteiger partial charge in [0.1, 0.15) is 11.5 Å². The Morgan fingerprint density at radius 2 is 1.79 bits per heavy atom. The van der Waals surface area contributed by atoms with Gasteiger partial charge in [-0.05, 0) is 50.6 Å². The Morgan fingerprint density at radius 3 is 2.45 bits per heavy atom. The van der Waals surface area contributed by atoms with Gasteiger partial charge >= 0.3 is 11.9 Å². The molecular formula is C29H24N2O6S. The topological polar surface area (TPSA) is 111 Å². The normalized spacial score (nSPS) is 15.2. The standard InChI is InChI=1S/C29H24N2O6S/c1-4-36-28(35)24-17(3)30-29-31(25(24)19-7-5-16(2)6-8-19)26(32)23(38-29)15-21-13-14-22(37-21)18-9-11-20(12-10-18)27(33)34/h5-15,25H,4H2,1-3H3,(H,33,34)/b23-15-. The van der Waals surface area contributed by atoms with Crippen molar-refractivity contribution in [2.75, 3.05) is 6.61 Å². The van der Waals surface area contributed by atoms with Crippen molar-refractivity contribution in [1.29, 1.82) is 0 Å². The number of hydrogen-bond acceptors (Lipinski definition) is 7. The Morgan fingerprint density at radius 1 is 1.08 bits per heavy atom. The molecule has 0 bridgehead atoms. The number of thiazole rings is 1. The molecule has 0 radical (unpaired) electrons. The van der Waals surface area contributed by atoms with Crippen LogP contribution in [0.15, 0.2) is 86.1 Å². The summed E-state index contributed by atoms with van der Waals surface area (Å²) >= 11 is 1.22. The summed E-state index contributed by atoms with van der Waals surface area (Å²) in [5, 5.41) is 9.11. The third-order valence-electron chi connectivity index (χ3n) is 6.23. The average molecular weight is 529 g/mol. The van der Waals surface area contributed by atoms with E-state index in [1.165, 1.54) is 28.0 Å². The molecule has 8 nitrogen and oxygen atoms in total. The lowest BCUT2D eigenvalue weighted by Crippen LogP contribution is -2.39. The van der Waals surface area contributed by atoms with Crippen molar-refractivity contribution < 1.29 is 23.8 Å². The molecule has 1 atom stereocenters. The fourth-order valence-electron chi connectivity index (χ4n) is 4.35. The molecule has 38 heavy (non-hydrogen) atoms. The first-order valence-electron chi connectivity index (χ1n) is 12.0. The summed E-state index contributed by atoms with van der Waals surface area (Å²) in [5.74, 6) is -0.504. The van der Waals surface area contributed by atoms with Gasteiger partial charge in [-0.2, -0.15) is 0 Å². The number of carbonyl (C=O) groups excluding carboxylic acids is 1. The minimum Gasteiger partial charge on any atom is -0.478 e. The lowest BCUT2D eigenvalue weighted by atomic mass is 9.95. The summed E-state index contributed by atoms with van der Waals surface area (Å²) in [4.78, 5) is 42.8. The Kier molecular flexibility index (Phi) is 6.69. The van der Waals surface area contributed by atoms with Crippen molar-refractivity contribution in [2.45, 2.75) is 26.8 Å². The van der Waals surface area contributed by atoms with Gasteiger partial charge in [-0.3, -0.25) is 9.36 Å². The monoisotopic (exact) mass is 528 g/mol. The zero-order chi connectivity index (χ0) is 27.0. The van der Waals surface area contributed by atoms with Crippen LogP contribution in [-0.2, 0) is 9.53 Å². The van der Waals surface area contributed by atoms with E-state index in [0.717, 1.165) is 11.1 Å². The highest BCUT2D eigenvalue weighted by Gasteiger charge is 2.33. The van der Waals surface area contributed by atoms with Crippen LogP contribution in [0.2, 0.25) is 0 Å². The summed E-state index contributed by atoms with van der Waals surface area (Å²) in [7, 11) is 0. The second-order valence-electron chi connectivity index (χ2n) is 8.80. The van der Waals surface area contributed by atoms with Gasteiger partial charge in [0.25, 0.3) is 5.56 Å². The zero-order valence-electron chi connectivity index (χ0n) is 20.9. The molecule has 1 aliphatic heterocycles. The Labute approximate surface area is 221 Å². The predicted molar refractivity (Wildman–Crippen MR) is 143 cm³/mol. The molecule has 0 aliphatic carbocycles. The number of hydrogen-bond donors (Lipinski definition) is 1. The third-order valence-corrected chi connectivity index (χ3v) is 7.21. The summed E-state index contributed by atoms with van der Waals surface area (Å²) in [6, 6.07) is 16.9. The number of carboxylic acids is 1. The number of rotatable bonds is 6. The number of esters is 1. The summed E-state index contributed by atoms with van der Waals surface area (Å²) in [5.41, 5.74) is 3.29. The number of nitrogens with zero attached hydrogens (tertiary/aromatic N) is 2. The number of allylic oxidation sites excluding steroid dienone is 1. The molecule has 1 unspecified atom stereocenters. The first-order valence-corrected chi connectivity index (χ1v) is 12.8. The van der Waals surface area contributed by atoms with E-state index in [9.17, 15) is 14.4 Å². The number of benzene rings is 2. The highest BCUT2D eigenvalue weighted by Crippen LogP contribution is 2.31. The van der Waals surface area contributed by atoms with Crippen molar-refractivity contribution in [2.24, 2.45) is 4.99 Å². The number of aromatic carboxylic acids is 1. The molecule has 0 saturated heterocycles. The van der Waals surface area contributed by atoms with Gasteiger partial charge in [0.05, 0.1) is 34.0 Å². The van der Waals surface area contributed by atoms with E-state index in [2.05, 4.69) is 4.99 Å². The van der Waals surface area contributed by atoms with E-state index in [1.807, 2.05) is 31.2 Å². The molecule has 192 valence electrons. The van der Waals surface area contributed by atoms with Crippen molar-refractivity contribution >= 4 is 29.4 Å². The fourth-order valence-corrected chi connectivity index (χ4v) is 5.37. The average Bonchev–Trinajstić information content (AvgIpc) is 3.48. The molecule has 2 aromatic heterocycles. The van der Waals surface area contributed by atoms with Crippen molar-refractivity contribution in [3.63, 3.8) is 0 Å². The Bertz CT molecular complexity index is 1750. The van der Waals surface area contributed by atoms with Crippen LogP contribution in [0, 0.1) is 6.92 Å². The first-order chi connectivity index (χ1) is 18.3. The summed E-state index contributed by atoms with van der Waals surface area (Å²) in [6.45, 7) is 5.67. The maximum Gasteiger partial charge on any atom is 0.338 e. The predicted octanol–water partition coefficient (Wildman–Crippen LogP) is 4.06. The number of ether oxygens (including phenoxy) is 1. The van der Waals surface area contributed by atoms with E-state index < -0.39 is 18.0 Å². The van der Waals surface area contributed by atoms with Crippen LogP contribution in [0.1, 0.15) is 47.1 Å². The van der Waals surface area contributed by atoms with E-state index >= 15 is 0 Å². The highest BCUT2D eigenvalue weighted by molar-refractivity contribution is 7.07. The molecule has 9 heteroatoms. The van der Waals surface area contributed by atoms with Gasteiger partial charge in [-0.1, -0.05) is 53.3 Å². The minimum atomic E-state index is -1.00. The molecule has 0 fully saturated rings. The lowest BCUT2D eigenvalue weighted by molar-refractivity contribution is -0.139. The van der Waals surface area contributed by atoms with Gasteiger partial charge in [-0.25, -0.2) is 14.6 Å². The van der Waals surface area contributed by atoms with Crippen LogP contribution in [0.4, 0.5) is 0 Å². The number of aromatic nitrogens is 1. The molecule has 0 amide bonds. The number of carboxylic acid groups (broad SMARTS) is 1. The van der Waals surface area contributed by atoms with E-state index in [-0.39, 0.29) is 17.7 Å². The number of carbonyl (C=O) groups is 2. The van der Waals surface area contributed by atoms with Crippen molar-refractivity contribution in [3.05, 3.63) is 114 Å². The summed E-state index contributed by atoms with van der Waals surface area (Å²) in [6.07, 6.45) is 1.65. The SMILES string of the molecule is CCOC(=O)C1=C(C)N=c2s/c(=C\c3ccc(-c4ccc(C(=O)O)cc4)o3)c(=O)n2C1c1ccc(C)cc1. The molecule has 0 saturated carbocycles. The van der Waals surface area contributed by atoms with Gasteiger partial charge in [0.2, 0.25) is 0 Å². The van der Waals surface area contributed by atoms with E-state index in [1.54, 1.807) is 44.2 Å². The van der Waals surface area contributed by atoms with Crippen LogP contribution < -0.4 is 14.9 Å². The largest absolute Gasteiger partial charge is 0.478 e. The van der Waals surface area contributed by atoms with Crippen LogP contribution in [0.5, 0.6) is 0 Å². The van der Waals surface area contributed by atoms with Crippen LogP contribution >= 0.6 is 11.3 Å². The second kappa shape index (κ2) is 10.1. The molecule has 3 heterocycles. The van der Waals surface area contributed by atoms with E-state index in [0.29, 0.717) is 37.7 Å². The maximum absolute atomic E-state index is 13.7.